The van der Waals surface area contributed by atoms with Crippen LogP contribution in [0, 0.1) is 5.82 Å². The highest BCUT2D eigenvalue weighted by Crippen LogP contribution is 2.35. The van der Waals surface area contributed by atoms with Crippen LogP contribution in [0.1, 0.15) is 16.8 Å². The SMILES string of the molecule is O=C(Cc1ccccc1F)NCc1cn2cc(-c3ccoc3)cc(C(F)(F)F)c2n1. The Labute approximate surface area is 168 Å². The van der Waals surface area contributed by atoms with Gasteiger partial charge in [-0.2, -0.15) is 13.2 Å². The molecule has 3 aromatic heterocycles. The summed E-state index contributed by atoms with van der Waals surface area (Å²) < 4.78 is 60.6. The number of furan rings is 1. The van der Waals surface area contributed by atoms with E-state index in [9.17, 15) is 22.4 Å². The molecule has 0 aliphatic rings. The Hall–Kier alpha value is -3.62. The van der Waals surface area contributed by atoms with Crippen molar-refractivity contribution in [1.82, 2.24) is 14.7 Å². The van der Waals surface area contributed by atoms with Crippen molar-refractivity contribution >= 4 is 11.6 Å². The first-order chi connectivity index (χ1) is 14.3. The van der Waals surface area contributed by atoms with E-state index in [1.54, 1.807) is 12.1 Å². The predicted molar refractivity (Wildman–Crippen MR) is 99.8 cm³/mol. The van der Waals surface area contributed by atoms with Gasteiger partial charge in [-0.15, -0.1) is 0 Å². The van der Waals surface area contributed by atoms with Gasteiger partial charge < -0.3 is 14.1 Å². The number of nitrogens with zero attached hydrogens (tertiary/aromatic N) is 2. The summed E-state index contributed by atoms with van der Waals surface area (Å²) in [7, 11) is 0. The normalized spacial score (nSPS) is 11.7. The minimum atomic E-state index is -4.61. The third-order valence-corrected chi connectivity index (χ3v) is 4.54. The minimum absolute atomic E-state index is 0.0900. The van der Waals surface area contributed by atoms with Crippen LogP contribution in [0.15, 0.2) is 65.7 Å². The quantitative estimate of drug-likeness (QED) is 0.483. The number of nitrogens with one attached hydrogen (secondary N) is 1. The van der Waals surface area contributed by atoms with Gasteiger partial charge in [-0.25, -0.2) is 9.37 Å². The summed E-state index contributed by atoms with van der Waals surface area (Å²) >= 11 is 0. The predicted octanol–water partition coefficient (Wildman–Crippen LogP) is 4.61. The lowest BCUT2D eigenvalue weighted by molar-refractivity contribution is -0.136. The number of rotatable bonds is 5. The zero-order valence-electron chi connectivity index (χ0n) is 15.4. The zero-order chi connectivity index (χ0) is 21.3. The average molecular weight is 417 g/mol. The van der Waals surface area contributed by atoms with Gasteiger partial charge in [0.25, 0.3) is 0 Å². The second-order valence-electron chi connectivity index (χ2n) is 6.66. The van der Waals surface area contributed by atoms with E-state index < -0.39 is 23.5 Å². The lowest BCUT2D eigenvalue weighted by atomic mass is 10.1. The fourth-order valence-corrected chi connectivity index (χ4v) is 3.10. The molecule has 0 bridgehead atoms. The Morgan fingerprint density at radius 3 is 2.63 bits per heavy atom. The number of pyridine rings is 1. The van der Waals surface area contributed by atoms with Crippen molar-refractivity contribution in [2.75, 3.05) is 0 Å². The first-order valence-corrected chi connectivity index (χ1v) is 8.93. The van der Waals surface area contributed by atoms with Gasteiger partial charge in [0.05, 0.1) is 36.7 Å². The van der Waals surface area contributed by atoms with Crippen molar-refractivity contribution in [2.45, 2.75) is 19.1 Å². The third kappa shape index (κ3) is 4.05. The van der Waals surface area contributed by atoms with Crippen molar-refractivity contribution in [1.29, 1.82) is 0 Å². The first kappa shape index (κ1) is 19.7. The summed E-state index contributed by atoms with van der Waals surface area (Å²) in [5, 5.41) is 2.56. The van der Waals surface area contributed by atoms with Crippen LogP contribution < -0.4 is 5.32 Å². The van der Waals surface area contributed by atoms with Crippen LogP contribution >= 0.6 is 0 Å². The summed E-state index contributed by atoms with van der Waals surface area (Å²) in [5.74, 6) is -0.964. The van der Waals surface area contributed by atoms with Crippen LogP contribution in [0.2, 0.25) is 0 Å². The van der Waals surface area contributed by atoms with Crippen LogP contribution in [0.5, 0.6) is 0 Å². The summed E-state index contributed by atoms with van der Waals surface area (Å²) in [6.07, 6.45) is 0.847. The van der Waals surface area contributed by atoms with E-state index in [0.29, 0.717) is 11.1 Å². The van der Waals surface area contributed by atoms with Gasteiger partial charge in [0.2, 0.25) is 5.91 Å². The molecular weight excluding hydrogens is 402 g/mol. The Morgan fingerprint density at radius 2 is 1.93 bits per heavy atom. The molecule has 5 nitrogen and oxygen atoms in total. The number of halogens is 4. The molecule has 0 saturated heterocycles. The van der Waals surface area contributed by atoms with E-state index in [0.717, 1.165) is 6.07 Å². The van der Waals surface area contributed by atoms with Crippen LogP contribution in [0.25, 0.3) is 16.8 Å². The molecule has 0 radical (unpaired) electrons. The third-order valence-electron chi connectivity index (χ3n) is 4.54. The Kier molecular flexibility index (Phi) is 5.03. The highest BCUT2D eigenvalue weighted by Gasteiger charge is 2.34. The number of benzene rings is 1. The smallest absolute Gasteiger partial charge is 0.420 e. The van der Waals surface area contributed by atoms with Crippen molar-refractivity contribution in [3.63, 3.8) is 0 Å². The van der Waals surface area contributed by atoms with E-state index in [1.807, 2.05) is 0 Å². The van der Waals surface area contributed by atoms with Crippen LogP contribution in [-0.4, -0.2) is 15.3 Å². The Morgan fingerprint density at radius 1 is 1.13 bits per heavy atom. The largest absolute Gasteiger partial charge is 0.472 e. The number of carbonyl (C=O) groups is 1. The molecule has 1 aromatic carbocycles. The van der Waals surface area contributed by atoms with Crippen molar-refractivity contribution in [3.05, 3.63) is 84.0 Å². The molecule has 154 valence electrons. The van der Waals surface area contributed by atoms with Gasteiger partial charge in [0, 0.05) is 23.5 Å². The molecule has 1 amide bonds. The lowest BCUT2D eigenvalue weighted by Gasteiger charge is -2.10. The molecule has 3 heterocycles. The molecule has 1 N–H and O–H groups in total. The zero-order valence-corrected chi connectivity index (χ0v) is 15.4. The Bertz CT molecular complexity index is 1200. The maximum Gasteiger partial charge on any atom is 0.420 e. The van der Waals surface area contributed by atoms with E-state index in [4.69, 9.17) is 4.42 Å². The Balaban J connectivity index is 1.58. The molecule has 4 aromatic rings. The molecule has 9 heteroatoms. The first-order valence-electron chi connectivity index (χ1n) is 8.93. The van der Waals surface area contributed by atoms with Gasteiger partial charge in [-0.05, 0) is 23.8 Å². The standard InChI is InChI=1S/C21H15F4N3O2/c22-18-4-2-1-3-13(18)8-19(29)26-9-16-11-28-10-15(14-5-6-30-12-14)7-17(20(28)27-16)21(23,24)25/h1-7,10-12H,8-9H2,(H,26,29). The van der Waals surface area contributed by atoms with Crippen molar-refractivity contribution < 1.29 is 26.8 Å². The van der Waals surface area contributed by atoms with Crippen molar-refractivity contribution in [2.24, 2.45) is 0 Å². The minimum Gasteiger partial charge on any atom is -0.472 e. The molecular formula is C21H15F4N3O2. The molecule has 0 unspecified atom stereocenters. The molecule has 0 aliphatic carbocycles. The maximum atomic E-state index is 13.7. The summed E-state index contributed by atoms with van der Waals surface area (Å²) in [5.41, 5.74) is 0.117. The number of carbonyl (C=O) groups excluding carboxylic acids is 1. The fourth-order valence-electron chi connectivity index (χ4n) is 3.10. The molecule has 30 heavy (non-hydrogen) atoms. The lowest BCUT2D eigenvalue weighted by Crippen LogP contribution is -2.25. The number of alkyl halides is 3. The average Bonchev–Trinajstić information content (AvgIpc) is 3.36. The van der Waals surface area contributed by atoms with Gasteiger partial charge in [0.1, 0.15) is 11.5 Å². The molecule has 0 aliphatic heterocycles. The van der Waals surface area contributed by atoms with Gasteiger partial charge in [-0.1, -0.05) is 18.2 Å². The van der Waals surface area contributed by atoms with Crippen LogP contribution in [0.4, 0.5) is 17.6 Å². The number of fused-ring (bicyclic) bond motifs is 1. The maximum absolute atomic E-state index is 13.7. The highest BCUT2D eigenvalue weighted by atomic mass is 19.4. The fraction of sp³-hybridized carbons (Fsp3) is 0.143. The van der Waals surface area contributed by atoms with E-state index in [2.05, 4.69) is 10.3 Å². The van der Waals surface area contributed by atoms with Crippen LogP contribution in [-0.2, 0) is 23.9 Å². The molecule has 0 atom stereocenters. The summed E-state index contributed by atoms with van der Waals surface area (Å²) in [4.78, 5) is 16.1. The van der Waals surface area contributed by atoms with E-state index >= 15 is 0 Å². The second-order valence-corrected chi connectivity index (χ2v) is 6.66. The number of hydrogen-bond donors (Lipinski definition) is 1. The van der Waals surface area contributed by atoms with Gasteiger partial charge >= 0.3 is 6.18 Å². The van der Waals surface area contributed by atoms with Gasteiger partial charge in [0.15, 0.2) is 0 Å². The molecule has 0 saturated carbocycles. The number of hydrogen-bond acceptors (Lipinski definition) is 3. The topological polar surface area (TPSA) is 59.5 Å². The monoisotopic (exact) mass is 417 g/mol. The molecule has 4 rings (SSSR count). The highest BCUT2D eigenvalue weighted by molar-refractivity contribution is 5.78. The van der Waals surface area contributed by atoms with Crippen molar-refractivity contribution in [3.8, 4) is 11.1 Å². The summed E-state index contributed by atoms with van der Waals surface area (Å²) in [6.45, 7) is -0.0900. The number of aromatic nitrogens is 2. The second kappa shape index (κ2) is 7.66. The number of amides is 1. The van der Waals surface area contributed by atoms with E-state index in [1.165, 1.54) is 47.5 Å². The van der Waals surface area contributed by atoms with Gasteiger partial charge in [-0.3, -0.25) is 4.79 Å². The summed E-state index contributed by atoms with van der Waals surface area (Å²) in [6, 6.07) is 8.44. The molecule has 0 spiro atoms. The van der Waals surface area contributed by atoms with E-state index in [-0.39, 0.29) is 29.9 Å². The molecule has 0 fully saturated rings. The number of imidazole rings is 1. The van der Waals surface area contributed by atoms with Crippen LogP contribution in [0.3, 0.4) is 0 Å².